The highest BCUT2D eigenvalue weighted by molar-refractivity contribution is 5.82. The predicted molar refractivity (Wildman–Crippen MR) is 84.8 cm³/mol. The third-order valence-electron chi connectivity index (χ3n) is 3.88. The first kappa shape index (κ1) is 14.7. The van der Waals surface area contributed by atoms with E-state index in [0.29, 0.717) is 6.54 Å². The Hall–Kier alpha value is -2.24. The lowest BCUT2D eigenvalue weighted by Gasteiger charge is -2.10. The highest BCUT2D eigenvalue weighted by Gasteiger charge is 2.29. The number of rotatable bonds is 5. The van der Waals surface area contributed by atoms with E-state index in [1.807, 2.05) is 30.3 Å². The average Bonchev–Trinajstić information content (AvgIpc) is 3.07. The molecule has 1 aliphatic rings. The second-order valence-electron chi connectivity index (χ2n) is 5.44. The van der Waals surface area contributed by atoms with Crippen LogP contribution in [0.5, 0.6) is 0 Å². The van der Waals surface area contributed by atoms with Crippen LogP contribution >= 0.6 is 0 Å². The molecule has 22 heavy (non-hydrogen) atoms. The molecule has 5 heteroatoms. The molecule has 1 aromatic carbocycles. The first-order valence-corrected chi connectivity index (χ1v) is 7.55. The van der Waals surface area contributed by atoms with E-state index in [-0.39, 0.29) is 18.0 Å². The summed E-state index contributed by atoms with van der Waals surface area (Å²) in [4.78, 5) is 16.2. The molecule has 1 aliphatic heterocycles. The Balaban J connectivity index is 1.46. The first-order valence-electron chi connectivity index (χ1n) is 7.55. The summed E-state index contributed by atoms with van der Waals surface area (Å²) in [5, 5.41) is 2.98. The summed E-state index contributed by atoms with van der Waals surface area (Å²) in [6.45, 7) is 0.636. The minimum Gasteiger partial charge on any atom is -0.354 e. The van der Waals surface area contributed by atoms with E-state index in [1.165, 1.54) is 11.1 Å². The van der Waals surface area contributed by atoms with Gasteiger partial charge in [-0.3, -0.25) is 9.78 Å². The summed E-state index contributed by atoms with van der Waals surface area (Å²) in [6, 6.07) is 14.1. The summed E-state index contributed by atoms with van der Waals surface area (Å²) < 4.78 is 0. The molecule has 114 valence electrons. The van der Waals surface area contributed by atoms with E-state index >= 15 is 0 Å². The molecule has 2 aromatic rings. The Bertz CT molecular complexity index is 603. The van der Waals surface area contributed by atoms with Crippen molar-refractivity contribution in [1.82, 2.24) is 21.2 Å². The smallest absolute Gasteiger partial charge is 0.238 e. The Morgan fingerprint density at radius 1 is 1.14 bits per heavy atom. The molecule has 1 fully saturated rings. The number of carbonyl (C=O) groups is 1. The number of hydrogen-bond acceptors (Lipinski definition) is 4. The fourth-order valence-electron chi connectivity index (χ4n) is 2.63. The van der Waals surface area contributed by atoms with Gasteiger partial charge in [0.15, 0.2) is 0 Å². The van der Waals surface area contributed by atoms with Gasteiger partial charge in [-0.25, -0.2) is 10.9 Å². The highest BCUT2D eigenvalue weighted by atomic mass is 16.2. The molecule has 5 nitrogen and oxygen atoms in total. The highest BCUT2D eigenvalue weighted by Crippen LogP contribution is 2.21. The second kappa shape index (κ2) is 7.15. The van der Waals surface area contributed by atoms with Crippen LogP contribution in [0.1, 0.15) is 23.6 Å². The number of nitrogens with one attached hydrogen (secondary N) is 3. The lowest BCUT2D eigenvalue weighted by Crippen LogP contribution is -2.43. The van der Waals surface area contributed by atoms with E-state index in [9.17, 15) is 4.79 Å². The van der Waals surface area contributed by atoms with Gasteiger partial charge >= 0.3 is 0 Å². The van der Waals surface area contributed by atoms with Gasteiger partial charge in [-0.2, -0.15) is 0 Å². The summed E-state index contributed by atoms with van der Waals surface area (Å²) >= 11 is 0. The van der Waals surface area contributed by atoms with Crippen molar-refractivity contribution < 1.29 is 4.79 Å². The Morgan fingerprint density at radius 2 is 1.91 bits per heavy atom. The number of aromatic nitrogens is 1. The molecule has 0 saturated carbocycles. The molecule has 2 unspecified atom stereocenters. The number of pyridine rings is 1. The lowest BCUT2D eigenvalue weighted by atomic mass is 10.0. The summed E-state index contributed by atoms with van der Waals surface area (Å²) in [5.41, 5.74) is 8.65. The van der Waals surface area contributed by atoms with Crippen LogP contribution in [0.15, 0.2) is 54.9 Å². The average molecular weight is 296 g/mol. The second-order valence-corrected chi connectivity index (χ2v) is 5.44. The van der Waals surface area contributed by atoms with Crippen molar-refractivity contribution in [1.29, 1.82) is 0 Å². The topological polar surface area (TPSA) is 66.0 Å². The molecular weight excluding hydrogens is 276 g/mol. The largest absolute Gasteiger partial charge is 0.354 e. The van der Waals surface area contributed by atoms with Gasteiger partial charge in [-0.1, -0.05) is 30.3 Å². The van der Waals surface area contributed by atoms with Crippen LogP contribution in [0.25, 0.3) is 0 Å². The fourth-order valence-corrected chi connectivity index (χ4v) is 2.63. The quantitative estimate of drug-likeness (QED) is 0.779. The van der Waals surface area contributed by atoms with E-state index in [1.54, 1.807) is 12.4 Å². The lowest BCUT2D eigenvalue weighted by molar-refractivity contribution is -0.122. The molecule has 0 aliphatic carbocycles. The maximum Gasteiger partial charge on any atom is 0.238 e. The SMILES string of the molecule is O=C(NCCc1ccncc1)C1CC(c2ccccc2)NN1. The first-order chi connectivity index (χ1) is 10.8. The minimum atomic E-state index is -0.192. The minimum absolute atomic E-state index is 0.0417. The summed E-state index contributed by atoms with van der Waals surface area (Å²) in [5.74, 6) is 0.0417. The maximum atomic E-state index is 12.2. The fraction of sp³-hybridized carbons (Fsp3) is 0.294. The van der Waals surface area contributed by atoms with Crippen molar-refractivity contribution in [3.8, 4) is 0 Å². The van der Waals surface area contributed by atoms with Crippen LogP contribution in [-0.2, 0) is 11.2 Å². The molecule has 2 atom stereocenters. The van der Waals surface area contributed by atoms with Crippen molar-refractivity contribution in [2.45, 2.75) is 24.9 Å². The van der Waals surface area contributed by atoms with Crippen LogP contribution in [-0.4, -0.2) is 23.5 Å². The van der Waals surface area contributed by atoms with Crippen molar-refractivity contribution in [3.05, 3.63) is 66.0 Å². The van der Waals surface area contributed by atoms with Gasteiger partial charge in [-0.15, -0.1) is 0 Å². The molecular formula is C17H20N4O. The third-order valence-corrected chi connectivity index (χ3v) is 3.88. The number of carbonyl (C=O) groups excluding carboxylic acids is 1. The van der Waals surface area contributed by atoms with Gasteiger partial charge in [0.1, 0.15) is 6.04 Å². The molecule has 0 radical (unpaired) electrons. The van der Waals surface area contributed by atoms with Crippen LogP contribution in [0.4, 0.5) is 0 Å². The molecule has 3 N–H and O–H groups in total. The van der Waals surface area contributed by atoms with Crippen LogP contribution in [0.3, 0.4) is 0 Å². The normalized spacial score (nSPS) is 20.7. The van der Waals surface area contributed by atoms with Crippen LogP contribution in [0.2, 0.25) is 0 Å². The summed E-state index contributed by atoms with van der Waals surface area (Å²) in [6.07, 6.45) is 5.11. The molecule has 0 spiro atoms. The number of nitrogens with zero attached hydrogens (tertiary/aromatic N) is 1. The summed E-state index contributed by atoms with van der Waals surface area (Å²) in [7, 11) is 0. The van der Waals surface area contributed by atoms with Crippen molar-refractivity contribution in [3.63, 3.8) is 0 Å². The molecule has 1 amide bonds. The molecule has 1 aromatic heterocycles. The zero-order valence-electron chi connectivity index (χ0n) is 12.3. The van der Waals surface area contributed by atoms with Gasteiger partial charge in [0, 0.05) is 25.0 Å². The van der Waals surface area contributed by atoms with Gasteiger partial charge in [-0.05, 0) is 36.1 Å². The van der Waals surface area contributed by atoms with Crippen LogP contribution < -0.4 is 16.2 Å². The van der Waals surface area contributed by atoms with Gasteiger partial charge in [0.05, 0.1) is 0 Å². The van der Waals surface area contributed by atoms with E-state index in [4.69, 9.17) is 0 Å². The van der Waals surface area contributed by atoms with Crippen molar-refractivity contribution >= 4 is 5.91 Å². The zero-order chi connectivity index (χ0) is 15.2. The molecule has 2 heterocycles. The monoisotopic (exact) mass is 296 g/mol. The number of amides is 1. The van der Waals surface area contributed by atoms with E-state index in [2.05, 4.69) is 33.3 Å². The Morgan fingerprint density at radius 3 is 2.68 bits per heavy atom. The number of hydrogen-bond donors (Lipinski definition) is 3. The molecule has 1 saturated heterocycles. The predicted octanol–water partition coefficient (Wildman–Crippen LogP) is 1.35. The van der Waals surface area contributed by atoms with Crippen molar-refractivity contribution in [2.75, 3.05) is 6.54 Å². The van der Waals surface area contributed by atoms with Gasteiger partial charge < -0.3 is 5.32 Å². The molecule has 0 bridgehead atoms. The third kappa shape index (κ3) is 3.69. The van der Waals surface area contributed by atoms with E-state index < -0.39 is 0 Å². The molecule has 3 rings (SSSR count). The number of benzene rings is 1. The van der Waals surface area contributed by atoms with Gasteiger partial charge in [0.25, 0.3) is 0 Å². The van der Waals surface area contributed by atoms with E-state index in [0.717, 1.165) is 12.8 Å². The zero-order valence-corrected chi connectivity index (χ0v) is 12.3. The Kier molecular flexibility index (Phi) is 4.78. The standard InChI is InChI=1S/C17H20N4O/c22-17(19-11-8-13-6-9-18-10-7-13)16-12-15(20-21-16)14-4-2-1-3-5-14/h1-7,9-10,15-16,20-21H,8,11-12H2,(H,19,22). The van der Waals surface area contributed by atoms with Gasteiger partial charge in [0.2, 0.25) is 5.91 Å². The van der Waals surface area contributed by atoms with Crippen LogP contribution in [0, 0.1) is 0 Å². The maximum absolute atomic E-state index is 12.2. The van der Waals surface area contributed by atoms with Crippen molar-refractivity contribution in [2.24, 2.45) is 0 Å². The number of hydrazine groups is 1. The Labute approximate surface area is 130 Å².